The van der Waals surface area contributed by atoms with Gasteiger partial charge in [-0.25, -0.2) is 4.98 Å². The maximum atomic E-state index is 4.47. The normalized spacial score (nSPS) is 11.9. The topological polar surface area (TPSA) is 62.7 Å². The molecule has 0 bridgehead atoms. The second-order valence-electron chi connectivity index (χ2n) is 4.37. The molecule has 2 aromatic rings. The van der Waals surface area contributed by atoms with Gasteiger partial charge in [0.25, 0.3) is 0 Å². The van der Waals surface area contributed by atoms with Gasteiger partial charge in [-0.05, 0) is 25.0 Å². The number of rotatable bonds is 6. The number of nitrogens with one attached hydrogen (secondary N) is 2. The molecule has 5 heteroatoms. The van der Waals surface area contributed by atoms with E-state index in [9.17, 15) is 0 Å². The average molecular weight is 257 g/mol. The summed E-state index contributed by atoms with van der Waals surface area (Å²) < 4.78 is 0. The van der Waals surface area contributed by atoms with Crippen LogP contribution in [0.5, 0.6) is 0 Å². The van der Waals surface area contributed by atoms with Crippen LogP contribution in [0.4, 0.5) is 11.6 Å². The Bertz CT molecular complexity index is 500. The van der Waals surface area contributed by atoms with E-state index in [0.717, 1.165) is 30.2 Å². The summed E-state index contributed by atoms with van der Waals surface area (Å²) in [6.45, 7) is 5.09. The second-order valence-corrected chi connectivity index (χ2v) is 4.37. The molecule has 0 fully saturated rings. The SMILES string of the molecule is CCCNc1cncc(NC(C)c2cccnc2)n1. The standard InChI is InChI=1S/C14H19N5/c1-3-6-17-13-9-16-10-14(19-13)18-11(2)12-5-4-7-15-8-12/h4-5,7-11H,3,6H2,1-2H3,(H2,17,18,19). The fraction of sp³-hybridized carbons (Fsp3) is 0.357. The van der Waals surface area contributed by atoms with Gasteiger partial charge < -0.3 is 10.6 Å². The highest BCUT2D eigenvalue weighted by Crippen LogP contribution is 2.17. The third-order valence-electron chi connectivity index (χ3n) is 2.74. The van der Waals surface area contributed by atoms with E-state index >= 15 is 0 Å². The number of anilines is 2. The number of hydrogen-bond donors (Lipinski definition) is 2. The highest BCUT2D eigenvalue weighted by atomic mass is 15.1. The van der Waals surface area contributed by atoms with Gasteiger partial charge in [-0.15, -0.1) is 0 Å². The molecule has 5 nitrogen and oxygen atoms in total. The van der Waals surface area contributed by atoms with Crippen LogP contribution >= 0.6 is 0 Å². The van der Waals surface area contributed by atoms with Crippen LogP contribution in [0, 0.1) is 0 Å². The van der Waals surface area contributed by atoms with E-state index in [1.807, 2.05) is 18.3 Å². The number of pyridine rings is 1. The Morgan fingerprint density at radius 2 is 2.00 bits per heavy atom. The van der Waals surface area contributed by atoms with Gasteiger partial charge in [0.1, 0.15) is 11.6 Å². The van der Waals surface area contributed by atoms with Gasteiger partial charge in [-0.2, -0.15) is 0 Å². The first-order valence-electron chi connectivity index (χ1n) is 6.52. The summed E-state index contributed by atoms with van der Waals surface area (Å²) in [6, 6.07) is 4.11. The zero-order valence-electron chi connectivity index (χ0n) is 11.3. The van der Waals surface area contributed by atoms with Crippen molar-refractivity contribution in [3.05, 3.63) is 42.5 Å². The van der Waals surface area contributed by atoms with Crippen LogP contribution < -0.4 is 10.6 Å². The van der Waals surface area contributed by atoms with Crippen molar-refractivity contribution in [2.75, 3.05) is 17.2 Å². The third kappa shape index (κ3) is 3.91. The van der Waals surface area contributed by atoms with Crippen molar-refractivity contribution in [3.8, 4) is 0 Å². The van der Waals surface area contributed by atoms with Crippen molar-refractivity contribution < 1.29 is 0 Å². The summed E-state index contributed by atoms with van der Waals surface area (Å²) in [6.07, 6.45) is 8.14. The lowest BCUT2D eigenvalue weighted by Gasteiger charge is -2.14. The minimum Gasteiger partial charge on any atom is -0.369 e. The minimum absolute atomic E-state index is 0.143. The van der Waals surface area contributed by atoms with Crippen LogP contribution in [0.25, 0.3) is 0 Å². The van der Waals surface area contributed by atoms with Crippen molar-refractivity contribution in [1.29, 1.82) is 0 Å². The lowest BCUT2D eigenvalue weighted by atomic mass is 10.1. The van der Waals surface area contributed by atoms with Crippen molar-refractivity contribution in [2.24, 2.45) is 0 Å². The Morgan fingerprint density at radius 1 is 1.16 bits per heavy atom. The average Bonchev–Trinajstić information content (AvgIpc) is 2.46. The molecule has 0 spiro atoms. The Balaban J connectivity index is 2.02. The van der Waals surface area contributed by atoms with Gasteiger partial charge in [0.2, 0.25) is 0 Å². The molecule has 100 valence electrons. The summed E-state index contributed by atoms with van der Waals surface area (Å²) in [5.41, 5.74) is 1.12. The van der Waals surface area contributed by atoms with Gasteiger partial charge in [0.05, 0.1) is 18.4 Å². The van der Waals surface area contributed by atoms with E-state index in [4.69, 9.17) is 0 Å². The fourth-order valence-electron chi connectivity index (χ4n) is 1.71. The van der Waals surface area contributed by atoms with Crippen LogP contribution in [-0.2, 0) is 0 Å². The van der Waals surface area contributed by atoms with Gasteiger partial charge in [0, 0.05) is 18.9 Å². The van der Waals surface area contributed by atoms with Gasteiger partial charge in [0.15, 0.2) is 0 Å². The molecule has 2 rings (SSSR count). The first-order chi connectivity index (χ1) is 9.29. The summed E-state index contributed by atoms with van der Waals surface area (Å²) >= 11 is 0. The minimum atomic E-state index is 0.143. The van der Waals surface area contributed by atoms with E-state index in [1.165, 1.54) is 0 Å². The van der Waals surface area contributed by atoms with E-state index in [0.29, 0.717) is 0 Å². The quantitative estimate of drug-likeness (QED) is 0.833. The number of hydrogen-bond acceptors (Lipinski definition) is 5. The highest BCUT2D eigenvalue weighted by molar-refractivity contribution is 5.43. The molecule has 2 aromatic heterocycles. The molecule has 0 amide bonds. The lowest BCUT2D eigenvalue weighted by Crippen LogP contribution is -2.10. The van der Waals surface area contributed by atoms with E-state index in [2.05, 4.69) is 39.4 Å². The summed E-state index contributed by atoms with van der Waals surface area (Å²) in [7, 11) is 0. The van der Waals surface area contributed by atoms with Crippen molar-refractivity contribution in [2.45, 2.75) is 26.3 Å². The van der Waals surface area contributed by atoms with Crippen LogP contribution in [0.1, 0.15) is 31.9 Å². The molecule has 0 aliphatic heterocycles. The van der Waals surface area contributed by atoms with E-state index < -0.39 is 0 Å². The molecule has 0 aliphatic carbocycles. The molecule has 0 radical (unpaired) electrons. The van der Waals surface area contributed by atoms with Gasteiger partial charge in [-0.1, -0.05) is 13.0 Å². The van der Waals surface area contributed by atoms with Crippen LogP contribution in [0.15, 0.2) is 36.9 Å². The Hall–Kier alpha value is -2.17. The largest absolute Gasteiger partial charge is 0.369 e. The highest BCUT2D eigenvalue weighted by Gasteiger charge is 2.06. The van der Waals surface area contributed by atoms with E-state index in [-0.39, 0.29) is 6.04 Å². The second kappa shape index (κ2) is 6.68. The van der Waals surface area contributed by atoms with Crippen molar-refractivity contribution in [3.63, 3.8) is 0 Å². The van der Waals surface area contributed by atoms with Crippen LogP contribution in [-0.4, -0.2) is 21.5 Å². The molecule has 1 atom stereocenters. The summed E-state index contributed by atoms with van der Waals surface area (Å²) in [5, 5.41) is 6.54. The number of nitrogens with zero attached hydrogens (tertiary/aromatic N) is 3. The third-order valence-corrected chi connectivity index (χ3v) is 2.74. The first-order valence-corrected chi connectivity index (χ1v) is 6.52. The van der Waals surface area contributed by atoms with Crippen LogP contribution in [0.3, 0.4) is 0 Å². The van der Waals surface area contributed by atoms with Gasteiger partial charge >= 0.3 is 0 Å². The van der Waals surface area contributed by atoms with E-state index in [1.54, 1.807) is 18.6 Å². The molecule has 0 saturated carbocycles. The summed E-state index contributed by atoms with van der Waals surface area (Å²) in [5.74, 6) is 1.56. The van der Waals surface area contributed by atoms with Gasteiger partial charge in [-0.3, -0.25) is 9.97 Å². The predicted octanol–water partition coefficient (Wildman–Crippen LogP) is 2.87. The maximum absolute atomic E-state index is 4.47. The Labute approximate surface area is 113 Å². The Morgan fingerprint density at radius 3 is 2.74 bits per heavy atom. The molecule has 2 N–H and O–H groups in total. The monoisotopic (exact) mass is 257 g/mol. The van der Waals surface area contributed by atoms with Crippen molar-refractivity contribution >= 4 is 11.6 Å². The predicted molar refractivity (Wildman–Crippen MR) is 77.1 cm³/mol. The fourth-order valence-corrected chi connectivity index (χ4v) is 1.71. The number of aromatic nitrogens is 3. The molecule has 0 aliphatic rings. The molecule has 2 heterocycles. The molecule has 0 saturated heterocycles. The molecule has 19 heavy (non-hydrogen) atoms. The smallest absolute Gasteiger partial charge is 0.147 e. The zero-order chi connectivity index (χ0) is 13.5. The lowest BCUT2D eigenvalue weighted by molar-refractivity contribution is 0.862. The molecule has 0 aromatic carbocycles. The zero-order valence-corrected chi connectivity index (χ0v) is 11.3. The molecular formula is C14H19N5. The summed E-state index contributed by atoms with van der Waals surface area (Å²) in [4.78, 5) is 12.8. The molecular weight excluding hydrogens is 238 g/mol. The van der Waals surface area contributed by atoms with Crippen molar-refractivity contribution in [1.82, 2.24) is 15.0 Å². The maximum Gasteiger partial charge on any atom is 0.147 e. The first kappa shape index (κ1) is 13.3. The molecule has 1 unspecified atom stereocenters. The Kier molecular flexibility index (Phi) is 4.66. The van der Waals surface area contributed by atoms with Crippen LogP contribution in [0.2, 0.25) is 0 Å².